The highest BCUT2D eigenvalue weighted by molar-refractivity contribution is 5.73. The number of rotatable bonds is 4. The molecule has 0 aliphatic carbocycles. The fourth-order valence-corrected chi connectivity index (χ4v) is 3.06. The van der Waals surface area contributed by atoms with Crippen LogP contribution in [0.5, 0.6) is 0 Å². The minimum absolute atomic E-state index is 0.101. The summed E-state index contributed by atoms with van der Waals surface area (Å²) in [7, 11) is 0. The Balaban J connectivity index is 3.03. The second-order valence-electron chi connectivity index (χ2n) is 6.44. The van der Waals surface area contributed by atoms with E-state index in [1.165, 1.54) is 13.0 Å². The molecule has 2 rings (SSSR count). The van der Waals surface area contributed by atoms with E-state index < -0.39 is 40.9 Å². The first-order valence-corrected chi connectivity index (χ1v) is 8.18. The summed E-state index contributed by atoms with van der Waals surface area (Å²) < 4.78 is 136. The third-order valence-electron chi connectivity index (χ3n) is 4.43. The van der Waals surface area contributed by atoms with E-state index in [-0.39, 0.29) is 23.1 Å². The lowest BCUT2D eigenvalue weighted by atomic mass is 9.79. The molecular weight excluding hydrogens is 418 g/mol. The van der Waals surface area contributed by atoms with Crippen LogP contribution in [0.15, 0.2) is 36.4 Å². The van der Waals surface area contributed by atoms with Crippen LogP contribution in [0.4, 0.5) is 43.9 Å². The van der Waals surface area contributed by atoms with Gasteiger partial charge in [0, 0.05) is 5.56 Å². The van der Waals surface area contributed by atoms with Crippen molar-refractivity contribution in [1.29, 1.82) is 0 Å². The monoisotopic (exact) mass is 432 g/mol. The number of aryl methyl sites for hydroxylation is 2. The molecule has 0 amide bonds. The Morgan fingerprint density at radius 3 is 1.69 bits per heavy atom. The molecule has 29 heavy (non-hydrogen) atoms. The van der Waals surface area contributed by atoms with E-state index in [9.17, 15) is 39.5 Å². The van der Waals surface area contributed by atoms with Gasteiger partial charge in [-0.05, 0) is 42.2 Å². The van der Waals surface area contributed by atoms with Crippen molar-refractivity contribution in [2.45, 2.75) is 44.2 Å². The summed E-state index contributed by atoms with van der Waals surface area (Å²) >= 11 is 0. The molecule has 0 saturated heterocycles. The Kier molecular flexibility index (Phi) is 5.73. The van der Waals surface area contributed by atoms with Gasteiger partial charge in [-0.25, -0.2) is 8.78 Å². The molecule has 0 aliphatic rings. The Morgan fingerprint density at radius 2 is 1.28 bits per heavy atom. The molecule has 0 nitrogen and oxygen atoms in total. The topological polar surface area (TPSA) is 0 Å². The molecule has 1 unspecified atom stereocenters. The van der Waals surface area contributed by atoms with Crippen molar-refractivity contribution in [3.8, 4) is 11.1 Å². The van der Waals surface area contributed by atoms with E-state index in [1.807, 2.05) is 0 Å². The van der Waals surface area contributed by atoms with Gasteiger partial charge in [0.2, 0.25) is 0 Å². The van der Waals surface area contributed by atoms with Gasteiger partial charge in [-0.1, -0.05) is 36.8 Å². The molecule has 0 heterocycles. The highest BCUT2D eigenvalue weighted by atomic mass is 19.4. The van der Waals surface area contributed by atoms with E-state index >= 15 is 4.39 Å². The second-order valence-corrected chi connectivity index (χ2v) is 6.44. The number of benzene rings is 2. The van der Waals surface area contributed by atoms with Crippen molar-refractivity contribution in [2.24, 2.45) is 0 Å². The summed E-state index contributed by atoms with van der Waals surface area (Å²) in [6.07, 6.45) is -13.5. The van der Waals surface area contributed by atoms with Gasteiger partial charge in [0.1, 0.15) is 5.82 Å². The maximum Gasteiger partial charge on any atom is 0.457 e. The van der Waals surface area contributed by atoms with Crippen molar-refractivity contribution in [3.63, 3.8) is 0 Å². The number of halogens is 10. The zero-order valence-corrected chi connectivity index (χ0v) is 15.0. The molecule has 160 valence electrons. The van der Waals surface area contributed by atoms with Crippen molar-refractivity contribution < 1.29 is 43.9 Å². The van der Waals surface area contributed by atoms with E-state index in [4.69, 9.17) is 0 Å². The summed E-state index contributed by atoms with van der Waals surface area (Å²) in [5.41, 5.74) is -9.32. The average molecular weight is 432 g/mol. The maximum absolute atomic E-state index is 15.2. The van der Waals surface area contributed by atoms with Crippen molar-refractivity contribution in [1.82, 2.24) is 0 Å². The van der Waals surface area contributed by atoms with Gasteiger partial charge >= 0.3 is 23.9 Å². The molecule has 0 aromatic heterocycles. The van der Waals surface area contributed by atoms with E-state index in [0.717, 1.165) is 31.2 Å². The van der Waals surface area contributed by atoms with Crippen LogP contribution in [0.3, 0.4) is 0 Å². The van der Waals surface area contributed by atoms with Crippen molar-refractivity contribution in [3.05, 3.63) is 58.9 Å². The molecular formula is C19H14F10. The lowest BCUT2D eigenvalue weighted by Gasteiger charge is -2.37. The highest BCUT2D eigenvalue weighted by Gasteiger charge is 2.82. The van der Waals surface area contributed by atoms with Gasteiger partial charge in [-0.3, -0.25) is 0 Å². The Morgan fingerprint density at radius 1 is 0.759 bits per heavy atom. The number of hydrogen-bond donors (Lipinski definition) is 0. The van der Waals surface area contributed by atoms with Gasteiger partial charge in [-0.15, -0.1) is 0 Å². The van der Waals surface area contributed by atoms with Gasteiger partial charge in [0.05, 0.1) is 0 Å². The molecule has 0 spiro atoms. The van der Waals surface area contributed by atoms with Crippen LogP contribution in [-0.2, 0) is 12.1 Å². The van der Waals surface area contributed by atoms with Crippen LogP contribution >= 0.6 is 0 Å². The summed E-state index contributed by atoms with van der Waals surface area (Å²) in [5, 5.41) is 0. The third kappa shape index (κ3) is 3.69. The fourth-order valence-electron chi connectivity index (χ4n) is 3.06. The normalized spacial score (nSPS) is 15.3. The number of alkyl halides is 9. The zero-order chi connectivity index (χ0) is 22.4. The lowest BCUT2D eigenvalue weighted by Crippen LogP contribution is -2.60. The van der Waals surface area contributed by atoms with E-state index in [1.54, 1.807) is 0 Å². The highest BCUT2D eigenvalue weighted by Crippen LogP contribution is 2.60. The molecule has 0 N–H and O–H groups in total. The predicted octanol–water partition coefficient (Wildman–Crippen LogP) is 7.29. The number of hydrogen-bond acceptors (Lipinski definition) is 0. The van der Waals surface area contributed by atoms with Crippen molar-refractivity contribution >= 4 is 0 Å². The van der Waals surface area contributed by atoms with Crippen LogP contribution in [-0.4, -0.2) is 18.3 Å². The van der Waals surface area contributed by atoms with Crippen LogP contribution in [0.2, 0.25) is 0 Å². The fraction of sp³-hybridized carbons (Fsp3) is 0.368. The van der Waals surface area contributed by atoms with Crippen LogP contribution in [0.1, 0.15) is 23.6 Å². The molecule has 0 fully saturated rings. The zero-order valence-electron chi connectivity index (χ0n) is 15.0. The summed E-state index contributed by atoms with van der Waals surface area (Å²) in [4.78, 5) is 0. The van der Waals surface area contributed by atoms with Gasteiger partial charge < -0.3 is 0 Å². The Hall–Kier alpha value is -2.26. The lowest BCUT2D eigenvalue weighted by molar-refractivity contribution is -0.389. The minimum atomic E-state index is -6.83. The third-order valence-corrected chi connectivity index (χ3v) is 4.43. The molecule has 2 aromatic carbocycles. The molecule has 2 aromatic rings. The Bertz CT molecular complexity index is 878. The van der Waals surface area contributed by atoms with Gasteiger partial charge in [-0.2, -0.15) is 35.1 Å². The largest absolute Gasteiger partial charge is 0.457 e. The van der Waals surface area contributed by atoms with Crippen LogP contribution in [0, 0.1) is 12.7 Å². The van der Waals surface area contributed by atoms with E-state index in [0.29, 0.717) is 6.07 Å². The Labute approximate surface area is 159 Å². The second kappa shape index (κ2) is 7.21. The molecule has 0 saturated carbocycles. The molecule has 0 radical (unpaired) electrons. The van der Waals surface area contributed by atoms with Gasteiger partial charge in [0.25, 0.3) is 0 Å². The predicted molar refractivity (Wildman–Crippen MR) is 85.8 cm³/mol. The van der Waals surface area contributed by atoms with Crippen LogP contribution < -0.4 is 0 Å². The summed E-state index contributed by atoms with van der Waals surface area (Å²) in [5.74, 6) is -7.62. The molecule has 10 heteroatoms. The molecule has 0 bridgehead atoms. The van der Waals surface area contributed by atoms with Gasteiger partial charge in [0.15, 0.2) is 0 Å². The van der Waals surface area contributed by atoms with Crippen molar-refractivity contribution in [2.75, 3.05) is 0 Å². The molecule has 0 aliphatic heterocycles. The SMILES string of the molecule is CCc1cc(C)cc(C(F)(C(F)(F)F)C(F)(F)C(F)(F)F)c1-c1ccc(F)cc1. The van der Waals surface area contributed by atoms with E-state index in [2.05, 4.69) is 0 Å². The smallest absolute Gasteiger partial charge is 0.221 e. The first-order valence-electron chi connectivity index (χ1n) is 8.18. The summed E-state index contributed by atoms with van der Waals surface area (Å²) in [6.45, 7) is 2.54. The summed E-state index contributed by atoms with van der Waals surface area (Å²) in [6, 6.07) is 4.85. The molecule has 1 atom stereocenters. The minimum Gasteiger partial charge on any atom is -0.221 e. The average Bonchev–Trinajstić information content (AvgIpc) is 2.59. The standard InChI is InChI=1S/C19H14F10/c1-3-11-8-10(2)9-14(15(11)12-4-6-13(20)7-5-12)16(21,18(24,25)26)17(22,23)19(27,28)29/h4-9H,3H2,1-2H3. The maximum atomic E-state index is 15.2. The van der Waals surface area contributed by atoms with Crippen LogP contribution in [0.25, 0.3) is 11.1 Å². The quantitative estimate of drug-likeness (QED) is 0.445. The first kappa shape index (κ1) is 23.0. The first-order chi connectivity index (χ1) is 13.1.